The van der Waals surface area contributed by atoms with Crippen molar-refractivity contribution >= 4 is 49.8 Å². The third kappa shape index (κ3) is 4.78. The van der Waals surface area contributed by atoms with E-state index < -0.39 is 0 Å². The van der Waals surface area contributed by atoms with Crippen LogP contribution in [0.2, 0.25) is 0 Å². The normalized spacial score (nSPS) is 10.7. The van der Waals surface area contributed by atoms with Crippen molar-refractivity contribution in [3.63, 3.8) is 0 Å². The molecule has 0 radical (unpaired) electrons. The van der Waals surface area contributed by atoms with Gasteiger partial charge in [-0.3, -0.25) is 4.79 Å². The van der Waals surface area contributed by atoms with E-state index >= 15 is 0 Å². The van der Waals surface area contributed by atoms with Gasteiger partial charge in [0.05, 0.1) is 16.8 Å². The number of para-hydroxylation sites is 2. The van der Waals surface area contributed by atoms with Gasteiger partial charge in [-0.05, 0) is 60.7 Å². The van der Waals surface area contributed by atoms with Crippen molar-refractivity contribution in [2.24, 2.45) is 0 Å². The molecular weight excluding hydrogens is 474 g/mol. The molecule has 1 aromatic heterocycles. The molecule has 0 fully saturated rings. The van der Waals surface area contributed by atoms with Gasteiger partial charge in [-0.15, -0.1) is 0 Å². The fourth-order valence-electron chi connectivity index (χ4n) is 3.66. The van der Waals surface area contributed by atoms with Crippen LogP contribution >= 0.6 is 15.9 Å². The van der Waals surface area contributed by atoms with Crippen LogP contribution < -0.4 is 10.6 Å². The number of nitrogens with one attached hydrogen (secondary N) is 2. The smallest absolute Gasteiger partial charge is 0.256 e. The molecule has 0 atom stereocenters. The second-order valence-electron chi connectivity index (χ2n) is 7.60. The second kappa shape index (κ2) is 9.27. The summed E-state index contributed by atoms with van der Waals surface area (Å²) < 4.78 is 0.996. The molecule has 0 aliphatic rings. The number of benzene rings is 4. The lowest BCUT2D eigenvalue weighted by atomic mass is 10.0. The van der Waals surface area contributed by atoms with Crippen molar-refractivity contribution in [3.8, 4) is 11.3 Å². The van der Waals surface area contributed by atoms with E-state index in [2.05, 4.69) is 26.6 Å². The molecule has 0 spiro atoms. The Morgan fingerprint density at radius 3 is 2.09 bits per heavy atom. The first-order chi connectivity index (χ1) is 16.2. The van der Waals surface area contributed by atoms with Gasteiger partial charge in [0.2, 0.25) is 0 Å². The molecule has 0 bridgehead atoms. The maximum atomic E-state index is 13.3. The number of anilines is 3. The van der Waals surface area contributed by atoms with Gasteiger partial charge in [0.1, 0.15) is 0 Å². The number of pyridine rings is 1. The molecule has 0 aliphatic heterocycles. The maximum absolute atomic E-state index is 13.3. The highest BCUT2D eigenvalue weighted by atomic mass is 79.9. The predicted octanol–water partition coefficient (Wildman–Crippen LogP) is 7.66. The van der Waals surface area contributed by atoms with Gasteiger partial charge in [0, 0.05) is 32.5 Å². The maximum Gasteiger partial charge on any atom is 0.256 e. The van der Waals surface area contributed by atoms with Gasteiger partial charge in [0.15, 0.2) is 0 Å². The summed E-state index contributed by atoms with van der Waals surface area (Å²) in [6.45, 7) is 0. The van der Waals surface area contributed by atoms with E-state index in [0.29, 0.717) is 5.56 Å². The summed E-state index contributed by atoms with van der Waals surface area (Å²) in [7, 11) is 0. The number of carbonyl (C=O) groups excluding carboxylic acids is 1. The summed E-state index contributed by atoms with van der Waals surface area (Å²) in [5, 5.41) is 7.19. The molecule has 4 nitrogen and oxygen atoms in total. The Balaban J connectivity index is 1.42. The molecule has 2 N–H and O–H groups in total. The SMILES string of the molecule is O=C(Nc1ccc(Nc2ccccc2)cc1)c1cc(-c2ccc(Br)cc2)nc2ccccc12. The van der Waals surface area contributed by atoms with Crippen LogP contribution in [0.25, 0.3) is 22.2 Å². The van der Waals surface area contributed by atoms with Crippen LogP contribution in [0.15, 0.2) is 114 Å². The van der Waals surface area contributed by atoms with Gasteiger partial charge in [0.25, 0.3) is 5.91 Å². The van der Waals surface area contributed by atoms with E-state index in [1.807, 2.05) is 109 Å². The quantitative estimate of drug-likeness (QED) is 0.264. The largest absolute Gasteiger partial charge is 0.356 e. The van der Waals surface area contributed by atoms with Crippen molar-refractivity contribution in [3.05, 3.63) is 119 Å². The first kappa shape index (κ1) is 20.9. The van der Waals surface area contributed by atoms with Gasteiger partial charge >= 0.3 is 0 Å². The van der Waals surface area contributed by atoms with Crippen LogP contribution in [0.4, 0.5) is 17.1 Å². The van der Waals surface area contributed by atoms with Gasteiger partial charge in [-0.1, -0.05) is 64.5 Å². The third-order valence-electron chi connectivity index (χ3n) is 5.31. The van der Waals surface area contributed by atoms with Crippen LogP contribution in [0.5, 0.6) is 0 Å². The summed E-state index contributed by atoms with van der Waals surface area (Å²) in [4.78, 5) is 18.1. The summed E-state index contributed by atoms with van der Waals surface area (Å²) >= 11 is 3.47. The Hall–Kier alpha value is -3.96. The second-order valence-corrected chi connectivity index (χ2v) is 8.52. The molecule has 5 heteroatoms. The summed E-state index contributed by atoms with van der Waals surface area (Å²) in [6.07, 6.45) is 0. The number of fused-ring (bicyclic) bond motifs is 1. The zero-order valence-corrected chi connectivity index (χ0v) is 19.2. The average Bonchev–Trinajstić information content (AvgIpc) is 2.85. The van der Waals surface area contributed by atoms with E-state index in [9.17, 15) is 4.79 Å². The van der Waals surface area contributed by atoms with E-state index in [1.165, 1.54) is 0 Å². The Morgan fingerprint density at radius 1 is 0.697 bits per heavy atom. The molecule has 0 unspecified atom stereocenters. The molecule has 1 amide bonds. The highest BCUT2D eigenvalue weighted by Gasteiger charge is 2.14. The van der Waals surface area contributed by atoms with Crippen LogP contribution in [-0.2, 0) is 0 Å². The van der Waals surface area contributed by atoms with Gasteiger partial charge in [-0.2, -0.15) is 0 Å². The lowest BCUT2D eigenvalue weighted by molar-refractivity contribution is 0.102. The van der Waals surface area contributed by atoms with Crippen molar-refractivity contribution in [1.82, 2.24) is 4.98 Å². The molecule has 160 valence electrons. The minimum atomic E-state index is -0.171. The number of aromatic nitrogens is 1. The van der Waals surface area contributed by atoms with Crippen molar-refractivity contribution in [1.29, 1.82) is 0 Å². The topological polar surface area (TPSA) is 54.0 Å². The number of rotatable bonds is 5. The van der Waals surface area contributed by atoms with E-state index in [0.717, 1.165) is 43.7 Å². The summed E-state index contributed by atoms with van der Waals surface area (Å²) in [5.41, 5.74) is 5.77. The number of amides is 1. The Bertz CT molecular complexity index is 1420. The van der Waals surface area contributed by atoms with E-state index in [-0.39, 0.29) is 5.91 Å². The van der Waals surface area contributed by atoms with Crippen molar-refractivity contribution in [2.45, 2.75) is 0 Å². The molecule has 5 aromatic rings. The van der Waals surface area contributed by atoms with Crippen LogP contribution in [0.1, 0.15) is 10.4 Å². The highest BCUT2D eigenvalue weighted by Crippen LogP contribution is 2.27. The van der Waals surface area contributed by atoms with Crippen molar-refractivity contribution in [2.75, 3.05) is 10.6 Å². The number of carbonyl (C=O) groups is 1. The van der Waals surface area contributed by atoms with Gasteiger partial charge < -0.3 is 10.6 Å². The molecular formula is C28H20BrN3O. The minimum Gasteiger partial charge on any atom is -0.356 e. The first-order valence-corrected chi connectivity index (χ1v) is 11.3. The molecule has 1 heterocycles. The van der Waals surface area contributed by atoms with Gasteiger partial charge in [-0.25, -0.2) is 4.98 Å². The number of hydrogen-bond acceptors (Lipinski definition) is 3. The minimum absolute atomic E-state index is 0.171. The molecule has 0 saturated heterocycles. The van der Waals surface area contributed by atoms with E-state index in [4.69, 9.17) is 4.98 Å². The Labute approximate surface area is 200 Å². The standard InChI is InChI=1S/C28H20BrN3O/c29-20-12-10-19(11-13-20)27-18-25(24-8-4-5-9-26(24)32-27)28(33)31-23-16-14-22(15-17-23)30-21-6-2-1-3-7-21/h1-18,30H,(H,31,33). The summed E-state index contributed by atoms with van der Waals surface area (Å²) in [6, 6.07) is 35.1. The zero-order valence-electron chi connectivity index (χ0n) is 17.6. The predicted molar refractivity (Wildman–Crippen MR) is 139 cm³/mol. The van der Waals surface area contributed by atoms with Crippen molar-refractivity contribution < 1.29 is 4.79 Å². The zero-order chi connectivity index (χ0) is 22.6. The monoisotopic (exact) mass is 493 g/mol. The fraction of sp³-hybridized carbons (Fsp3) is 0. The average molecular weight is 494 g/mol. The molecule has 0 saturated carbocycles. The lowest BCUT2D eigenvalue weighted by Gasteiger charge is -2.12. The number of nitrogens with zero attached hydrogens (tertiary/aromatic N) is 1. The van der Waals surface area contributed by atoms with Crippen LogP contribution in [0, 0.1) is 0 Å². The highest BCUT2D eigenvalue weighted by molar-refractivity contribution is 9.10. The molecule has 5 rings (SSSR count). The molecule has 4 aromatic carbocycles. The third-order valence-corrected chi connectivity index (χ3v) is 5.83. The summed E-state index contributed by atoms with van der Waals surface area (Å²) in [5.74, 6) is -0.171. The molecule has 0 aliphatic carbocycles. The van der Waals surface area contributed by atoms with E-state index in [1.54, 1.807) is 0 Å². The Kier molecular flexibility index (Phi) is 5.87. The first-order valence-electron chi connectivity index (χ1n) is 10.5. The van der Waals surface area contributed by atoms with Crippen LogP contribution in [0.3, 0.4) is 0 Å². The fourth-order valence-corrected chi connectivity index (χ4v) is 3.92. The van der Waals surface area contributed by atoms with Crippen LogP contribution in [-0.4, -0.2) is 10.9 Å². The lowest BCUT2D eigenvalue weighted by Crippen LogP contribution is -2.13. The number of hydrogen-bond donors (Lipinski definition) is 2. The number of halogens is 1. The Morgan fingerprint density at radius 2 is 1.33 bits per heavy atom. The molecule has 33 heavy (non-hydrogen) atoms.